The first kappa shape index (κ1) is 114. The molecule has 0 N–H and O–H groups in total. The molecule has 33 unspecified atom stereocenters. The summed E-state index contributed by atoms with van der Waals surface area (Å²) in [5.41, 5.74) is -2.62. The van der Waals surface area contributed by atoms with Gasteiger partial charge in [0, 0.05) is 47.3 Å². The fourth-order valence-corrected chi connectivity index (χ4v) is 20.6. The Kier molecular flexibility index (Phi) is 39.2. The summed E-state index contributed by atoms with van der Waals surface area (Å²) in [4.78, 5) is 155. The Bertz CT molecular complexity index is 3700. The van der Waals surface area contributed by atoms with Crippen LogP contribution in [0.4, 0.5) is 0 Å². The number of rotatable bonds is 19. The molecule has 10 aliphatic heterocycles. The number of carbonyl (C=O) groups is 13. The number of esters is 13. The Hall–Kier alpha value is -6.97. The molecule has 12 bridgehead atoms. The average Bonchev–Trinajstić information content (AvgIpc) is 1.55. The molecule has 18 rings (SSSR count). The molecule has 33 atom stereocenters. The van der Waals surface area contributed by atoms with E-state index in [0.717, 1.165) is 64.2 Å². The van der Waals surface area contributed by atoms with Crippen LogP contribution in [-0.2, 0) is 133 Å². The molecule has 8 aliphatic carbocycles. The minimum Gasteiger partial charge on any atom is -0.469 e. The molecule has 0 amide bonds. The monoisotopic (exact) mass is 1750 g/mol. The molecule has 18 fully saturated rings. The van der Waals surface area contributed by atoms with Crippen LogP contribution in [0.2, 0.25) is 0 Å². The van der Waals surface area contributed by atoms with Gasteiger partial charge in [-0.3, -0.25) is 62.3 Å². The second kappa shape index (κ2) is 42.3. The van der Waals surface area contributed by atoms with E-state index in [-0.39, 0.29) is 281 Å². The Labute approximate surface area is 737 Å². The van der Waals surface area contributed by atoms with Gasteiger partial charge in [-0.05, 0) is 159 Å². The quantitative estimate of drug-likeness (QED) is 0.0856. The van der Waals surface area contributed by atoms with Crippen LogP contribution in [0.25, 0.3) is 0 Å². The molecule has 28 nitrogen and oxygen atoms in total. The van der Waals surface area contributed by atoms with E-state index in [2.05, 4.69) is 0 Å². The van der Waals surface area contributed by atoms with Crippen molar-refractivity contribution in [3.05, 3.63) is 0 Å². The minimum atomic E-state index is -0.593. The highest BCUT2D eigenvalue weighted by molar-refractivity contribution is 5.87. The zero-order valence-electron chi connectivity index (χ0n) is 67.5. The van der Waals surface area contributed by atoms with Crippen LogP contribution in [-0.4, -0.2) is 182 Å². The van der Waals surface area contributed by atoms with Crippen molar-refractivity contribution in [3.63, 3.8) is 0 Å². The SMILES string of the molecule is C.C.C.C.C.C.C.C.C.C.C.C.CCC(C)(C)C(=O)OC1C2CC3C(=O)OC1(C)C3C2.CCC(C)(C)C(=O)OC1C2CC3C(=O)OC1C3O2.CCC(C)(C)C(=O)OC1C2CC3C1OC(=O)C3C2C(=O)OC.CCC(C)(C)C(=O)OC1C2CC3OC(=O)C1C3C2.CCC(C)C(=O)OC1C2CC3C(=O)OC1C3O2.CCC(C)C(=O)OC1C2CC3OC(=O)C1C3C2. The third kappa shape index (κ3) is 19.9. The first-order valence-electron chi connectivity index (χ1n) is 41.1. The van der Waals surface area contributed by atoms with Crippen molar-refractivity contribution >= 4 is 77.6 Å². The zero-order valence-corrected chi connectivity index (χ0v) is 67.5. The first-order valence-corrected chi connectivity index (χ1v) is 41.1. The normalized spacial score (nSPS) is 37.7. The van der Waals surface area contributed by atoms with Gasteiger partial charge < -0.3 is 71.1 Å². The lowest BCUT2D eigenvalue weighted by atomic mass is 9.78. The van der Waals surface area contributed by atoms with Gasteiger partial charge in [0.15, 0.2) is 24.4 Å². The third-order valence-corrected chi connectivity index (χ3v) is 29.6. The summed E-state index contributed by atoms with van der Waals surface area (Å²) in [7, 11) is 1.31. The fourth-order valence-electron chi connectivity index (χ4n) is 20.6. The van der Waals surface area contributed by atoms with E-state index in [9.17, 15) is 62.3 Å². The summed E-state index contributed by atoms with van der Waals surface area (Å²) in [6, 6.07) is 0. The highest BCUT2D eigenvalue weighted by Crippen LogP contribution is 2.63. The highest BCUT2D eigenvalue weighted by atomic mass is 16.7. The summed E-state index contributed by atoms with van der Waals surface area (Å²) in [5, 5.41) is 0. The van der Waals surface area contributed by atoms with Gasteiger partial charge in [0.05, 0.1) is 82.4 Å². The van der Waals surface area contributed by atoms with Crippen LogP contribution in [0.15, 0.2) is 0 Å². The number of methoxy groups -OCH3 is 1. The first-order chi connectivity index (χ1) is 52.2. The molecule has 28 heteroatoms. The molecular weight excluding hydrogens is 1590 g/mol. The molecule has 0 aromatic rings. The van der Waals surface area contributed by atoms with E-state index >= 15 is 0 Å². The van der Waals surface area contributed by atoms with Crippen molar-refractivity contribution in [1.29, 1.82) is 0 Å². The third-order valence-electron chi connectivity index (χ3n) is 29.6. The molecule has 18 aliphatic rings. The summed E-state index contributed by atoms with van der Waals surface area (Å²) in [6.07, 6.45) is 8.02. The molecule has 0 aromatic carbocycles. The fraction of sp³-hybridized carbons (Fsp3) is 0.863. The van der Waals surface area contributed by atoms with Gasteiger partial charge in [-0.15, -0.1) is 0 Å². The zero-order chi connectivity index (χ0) is 80.7. The van der Waals surface area contributed by atoms with Crippen LogP contribution in [0.1, 0.15) is 303 Å². The highest BCUT2D eigenvalue weighted by Gasteiger charge is 2.73. The van der Waals surface area contributed by atoms with Crippen molar-refractivity contribution in [2.45, 2.75) is 400 Å². The largest absolute Gasteiger partial charge is 0.469 e. The predicted octanol–water partition coefficient (Wildman–Crippen LogP) is 16.4. The van der Waals surface area contributed by atoms with Crippen molar-refractivity contribution in [3.8, 4) is 0 Å². The van der Waals surface area contributed by atoms with Gasteiger partial charge in [-0.1, -0.05) is 145 Å². The maximum Gasteiger partial charge on any atom is 0.313 e. The molecule has 0 aromatic heterocycles. The maximum atomic E-state index is 12.4. The van der Waals surface area contributed by atoms with Gasteiger partial charge in [-0.25, -0.2) is 0 Å². The van der Waals surface area contributed by atoms with E-state index < -0.39 is 75.6 Å². The molecular formula is C95H164O28. The average molecular weight is 1750 g/mol. The topological polar surface area (TPSA) is 360 Å². The van der Waals surface area contributed by atoms with E-state index in [0.29, 0.717) is 61.7 Å². The lowest BCUT2D eigenvalue weighted by molar-refractivity contribution is -0.181. The Balaban J connectivity index is 0.000000725. The van der Waals surface area contributed by atoms with E-state index in [4.69, 9.17) is 71.1 Å². The van der Waals surface area contributed by atoms with Crippen molar-refractivity contribution < 1.29 is 133 Å². The van der Waals surface area contributed by atoms with Gasteiger partial charge in [0.1, 0.15) is 72.4 Å². The Morgan fingerprint density at radius 1 is 0.366 bits per heavy atom. The van der Waals surface area contributed by atoms with E-state index in [1.807, 2.05) is 118 Å². The Morgan fingerprint density at radius 3 is 1.14 bits per heavy atom. The summed E-state index contributed by atoms with van der Waals surface area (Å²) < 4.78 is 81.9. The Morgan fingerprint density at radius 2 is 0.732 bits per heavy atom. The molecule has 123 heavy (non-hydrogen) atoms. The van der Waals surface area contributed by atoms with Crippen LogP contribution >= 0.6 is 0 Å². The molecule has 0 spiro atoms. The molecule has 712 valence electrons. The van der Waals surface area contributed by atoms with Crippen LogP contribution < -0.4 is 0 Å². The number of hydrogen-bond donors (Lipinski definition) is 0. The van der Waals surface area contributed by atoms with E-state index in [1.54, 1.807) is 0 Å². The van der Waals surface area contributed by atoms with Crippen molar-refractivity contribution in [1.82, 2.24) is 0 Å². The summed E-state index contributed by atoms with van der Waals surface area (Å²) in [6.45, 7) is 32.3. The summed E-state index contributed by atoms with van der Waals surface area (Å²) in [5.74, 6) is -3.09. The lowest BCUT2D eigenvalue weighted by Crippen LogP contribution is -2.47. The van der Waals surface area contributed by atoms with Crippen LogP contribution in [0, 0.1) is 122 Å². The molecule has 10 saturated heterocycles. The number of hydrogen-bond acceptors (Lipinski definition) is 28. The van der Waals surface area contributed by atoms with Crippen LogP contribution in [0.3, 0.4) is 0 Å². The minimum absolute atomic E-state index is 0. The number of carbonyl (C=O) groups excluding carboxylic acids is 13. The van der Waals surface area contributed by atoms with Gasteiger partial charge in [0.25, 0.3) is 0 Å². The lowest BCUT2D eigenvalue weighted by Gasteiger charge is -2.36. The standard InChI is InChI=1S/C16H22O6.C15H22O4.C14H20O4.C13H18O5.C13H18O4.C12H16O5.12CH4/c1-5-16(2,3)15(19)22-12-7-6-8-10(9(7)13(17)20-4)14(18)21-11(8)12;1-5-14(2,3)13(17)18-11-8-6-9-10(7-8)15(11,4)19-12(9)16;1-4-14(2,3)13(16)18-11-7-5-8-9(6-7)17-12(15)10(8)11;1-4-13(2,3)12(15)18-9-7-5-6-8(16-7)10(9)17-11(6)14;1-3-6(2)12(14)17-11-7-4-8-9(5-7)16-13(15)10(8)11;1-3-5(2)11(13)16-9-7-4-6-8(15-7)10(9)17-12(6)14;;;;;;;;;;;;/h7-12H,5-6H2,1-4H3;8-11H,5-7H2,1-4H3;7-11H,4-6H2,1-3H3;6-10H,4-5H2,1-3H3;6-11H,3-5H2,1-2H3;5-10H,3-4H2,1-2H3;12*1H4. The van der Waals surface area contributed by atoms with Gasteiger partial charge in [-0.2, -0.15) is 0 Å². The number of fused-ring (bicyclic) bond motifs is 6. The second-order valence-corrected chi connectivity index (χ2v) is 37.5. The number of ether oxygens (including phenoxy) is 15. The van der Waals surface area contributed by atoms with Crippen molar-refractivity contribution in [2.24, 2.45) is 122 Å². The second-order valence-electron chi connectivity index (χ2n) is 37.5. The van der Waals surface area contributed by atoms with Crippen molar-refractivity contribution in [2.75, 3.05) is 7.11 Å². The van der Waals surface area contributed by atoms with E-state index in [1.165, 1.54) is 7.11 Å². The molecule has 0 radical (unpaired) electrons. The summed E-state index contributed by atoms with van der Waals surface area (Å²) >= 11 is 0. The van der Waals surface area contributed by atoms with Gasteiger partial charge in [0.2, 0.25) is 0 Å². The predicted molar refractivity (Wildman–Crippen MR) is 462 cm³/mol. The molecule has 8 saturated carbocycles. The maximum absolute atomic E-state index is 12.4. The van der Waals surface area contributed by atoms with Gasteiger partial charge >= 0.3 is 77.6 Å². The molecule has 10 heterocycles. The smallest absolute Gasteiger partial charge is 0.313 e. The van der Waals surface area contributed by atoms with Crippen LogP contribution in [0.5, 0.6) is 0 Å².